The van der Waals surface area contributed by atoms with Gasteiger partial charge in [0.05, 0.1) is 0 Å². The molecule has 0 radical (unpaired) electrons. The Kier molecular flexibility index (Phi) is 4.51. The highest BCUT2D eigenvalue weighted by molar-refractivity contribution is 5.38. The van der Waals surface area contributed by atoms with Crippen molar-refractivity contribution >= 4 is 0 Å². The van der Waals surface area contributed by atoms with Gasteiger partial charge in [-0.1, -0.05) is 18.2 Å². The Hall–Kier alpha value is -1.06. The molecule has 1 saturated heterocycles. The Morgan fingerprint density at radius 1 is 1.24 bits per heavy atom. The molecular weight excluding hydrogens is 260 g/mol. The van der Waals surface area contributed by atoms with Gasteiger partial charge >= 0.3 is 0 Å². The molecule has 0 aliphatic carbocycles. The molecule has 2 heterocycles. The van der Waals surface area contributed by atoms with Crippen molar-refractivity contribution in [2.45, 2.75) is 51.2 Å². The summed E-state index contributed by atoms with van der Waals surface area (Å²) >= 11 is 0. The number of ether oxygens (including phenoxy) is 1. The van der Waals surface area contributed by atoms with Gasteiger partial charge in [-0.25, -0.2) is 0 Å². The summed E-state index contributed by atoms with van der Waals surface area (Å²) < 4.78 is 6.09. The van der Waals surface area contributed by atoms with E-state index in [1.807, 2.05) is 0 Å². The lowest BCUT2D eigenvalue weighted by Crippen LogP contribution is -2.40. The van der Waals surface area contributed by atoms with Crippen molar-refractivity contribution < 1.29 is 4.74 Å². The summed E-state index contributed by atoms with van der Waals surface area (Å²) in [6, 6.07) is 8.88. The molecular formula is C18H28N2O. The third kappa shape index (κ3) is 3.78. The number of benzene rings is 1. The van der Waals surface area contributed by atoms with E-state index in [2.05, 4.69) is 48.3 Å². The van der Waals surface area contributed by atoms with E-state index in [-0.39, 0.29) is 5.60 Å². The summed E-state index contributed by atoms with van der Waals surface area (Å²) in [4.78, 5) is 2.59. The molecule has 2 aliphatic rings. The van der Waals surface area contributed by atoms with E-state index in [0.29, 0.717) is 6.04 Å². The Labute approximate surface area is 128 Å². The van der Waals surface area contributed by atoms with Crippen LogP contribution in [0.4, 0.5) is 0 Å². The van der Waals surface area contributed by atoms with Crippen molar-refractivity contribution in [2.75, 3.05) is 26.2 Å². The number of para-hydroxylation sites is 1. The van der Waals surface area contributed by atoms with Gasteiger partial charge in [0.25, 0.3) is 0 Å². The summed E-state index contributed by atoms with van der Waals surface area (Å²) in [7, 11) is 0. The summed E-state index contributed by atoms with van der Waals surface area (Å²) in [6.07, 6.45) is 5.04. The molecule has 1 aromatic rings. The van der Waals surface area contributed by atoms with Crippen LogP contribution in [0.5, 0.6) is 5.75 Å². The van der Waals surface area contributed by atoms with Crippen LogP contribution in [-0.4, -0.2) is 36.7 Å². The average Bonchev–Trinajstić information content (AvgIpc) is 2.95. The normalized spacial score (nSPS) is 24.6. The first-order valence-electron chi connectivity index (χ1n) is 8.38. The number of likely N-dealkylation sites (tertiary alicyclic amines) is 1. The van der Waals surface area contributed by atoms with Crippen molar-refractivity contribution in [1.82, 2.24) is 10.2 Å². The van der Waals surface area contributed by atoms with Crippen LogP contribution in [0.1, 0.15) is 51.1 Å². The highest BCUT2D eigenvalue weighted by atomic mass is 16.5. The molecule has 3 heteroatoms. The molecule has 1 unspecified atom stereocenters. The molecule has 2 aliphatic heterocycles. The van der Waals surface area contributed by atoms with E-state index < -0.39 is 0 Å². The highest BCUT2D eigenvalue weighted by Crippen LogP contribution is 2.39. The molecule has 0 saturated carbocycles. The first-order chi connectivity index (χ1) is 10.1. The van der Waals surface area contributed by atoms with Crippen LogP contribution in [-0.2, 0) is 0 Å². The standard InChI is InChI=1S/C18H28N2O/c1-18(2)14-16(15-8-3-4-9-17(15)21-18)19-10-7-13-20-11-5-6-12-20/h3-4,8-9,16,19H,5-7,10-14H2,1-2H3. The van der Waals surface area contributed by atoms with Crippen molar-refractivity contribution in [2.24, 2.45) is 0 Å². The summed E-state index contributed by atoms with van der Waals surface area (Å²) in [5, 5.41) is 3.75. The number of fused-ring (bicyclic) bond motifs is 1. The lowest BCUT2D eigenvalue weighted by Gasteiger charge is -2.38. The van der Waals surface area contributed by atoms with Crippen molar-refractivity contribution in [3.63, 3.8) is 0 Å². The minimum atomic E-state index is -0.0824. The molecule has 3 nitrogen and oxygen atoms in total. The quantitative estimate of drug-likeness (QED) is 0.841. The second-order valence-corrected chi connectivity index (χ2v) is 7.01. The first kappa shape index (κ1) is 14.9. The van der Waals surface area contributed by atoms with E-state index in [1.54, 1.807) is 0 Å². The van der Waals surface area contributed by atoms with Gasteiger partial charge in [0.15, 0.2) is 0 Å². The minimum absolute atomic E-state index is 0.0824. The van der Waals surface area contributed by atoms with E-state index in [0.717, 1.165) is 18.7 Å². The lowest BCUT2D eigenvalue weighted by atomic mass is 9.89. The van der Waals surface area contributed by atoms with Gasteiger partial charge in [0.2, 0.25) is 0 Å². The van der Waals surface area contributed by atoms with Crippen LogP contribution in [0.25, 0.3) is 0 Å². The first-order valence-corrected chi connectivity index (χ1v) is 8.38. The Bertz CT molecular complexity index is 466. The zero-order valence-corrected chi connectivity index (χ0v) is 13.4. The maximum atomic E-state index is 6.09. The van der Waals surface area contributed by atoms with Gasteiger partial charge in [-0.3, -0.25) is 0 Å². The van der Waals surface area contributed by atoms with E-state index in [1.165, 1.54) is 44.5 Å². The van der Waals surface area contributed by atoms with Crippen molar-refractivity contribution in [3.8, 4) is 5.75 Å². The molecule has 1 N–H and O–H groups in total. The fraction of sp³-hybridized carbons (Fsp3) is 0.667. The number of rotatable bonds is 5. The van der Waals surface area contributed by atoms with E-state index >= 15 is 0 Å². The lowest BCUT2D eigenvalue weighted by molar-refractivity contribution is 0.0659. The van der Waals surface area contributed by atoms with E-state index in [4.69, 9.17) is 4.74 Å². The second-order valence-electron chi connectivity index (χ2n) is 7.01. The number of hydrogen-bond donors (Lipinski definition) is 1. The molecule has 0 aromatic heterocycles. The zero-order valence-electron chi connectivity index (χ0n) is 13.4. The van der Waals surface area contributed by atoms with E-state index in [9.17, 15) is 0 Å². The van der Waals surface area contributed by atoms with Gasteiger partial charge in [-0.15, -0.1) is 0 Å². The van der Waals surface area contributed by atoms with Crippen molar-refractivity contribution in [1.29, 1.82) is 0 Å². The SMILES string of the molecule is CC1(C)CC(NCCCN2CCCC2)c2ccccc2O1. The monoisotopic (exact) mass is 288 g/mol. The third-order valence-corrected chi connectivity index (χ3v) is 4.62. The maximum absolute atomic E-state index is 6.09. The predicted molar refractivity (Wildman–Crippen MR) is 86.8 cm³/mol. The molecule has 3 rings (SSSR count). The van der Waals surface area contributed by atoms with Gasteiger partial charge in [-0.2, -0.15) is 0 Å². The molecule has 0 bridgehead atoms. The summed E-state index contributed by atoms with van der Waals surface area (Å²) in [6.45, 7) is 9.29. The molecule has 0 amide bonds. The molecule has 116 valence electrons. The van der Waals surface area contributed by atoms with Crippen molar-refractivity contribution in [3.05, 3.63) is 29.8 Å². The fourth-order valence-corrected chi connectivity index (χ4v) is 3.57. The smallest absolute Gasteiger partial charge is 0.124 e. The molecule has 1 atom stereocenters. The highest BCUT2D eigenvalue weighted by Gasteiger charge is 2.33. The average molecular weight is 288 g/mol. The predicted octanol–water partition coefficient (Wildman–Crippen LogP) is 3.36. The van der Waals surface area contributed by atoms with Crippen LogP contribution in [0, 0.1) is 0 Å². The van der Waals surface area contributed by atoms with Crippen LogP contribution in [0.3, 0.4) is 0 Å². The Morgan fingerprint density at radius 3 is 2.81 bits per heavy atom. The van der Waals surface area contributed by atoms with Gasteiger partial charge in [0, 0.05) is 18.0 Å². The third-order valence-electron chi connectivity index (χ3n) is 4.62. The van der Waals surface area contributed by atoms with Gasteiger partial charge in [0.1, 0.15) is 11.4 Å². The zero-order chi connectivity index (χ0) is 14.7. The Balaban J connectivity index is 1.54. The summed E-state index contributed by atoms with van der Waals surface area (Å²) in [5.74, 6) is 1.05. The van der Waals surface area contributed by atoms with Crippen LogP contribution >= 0.6 is 0 Å². The molecule has 1 aromatic carbocycles. The molecule has 0 spiro atoms. The Morgan fingerprint density at radius 2 is 2.00 bits per heavy atom. The number of hydrogen-bond acceptors (Lipinski definition) is 3. The minimum Gasteiger partial charge on any atom is -0.487 e. The topological polar surface area (TPSA) is 24.5 Å². The maximum Gasteiger partial charge on any atom is 0.124 e. The van der Waals surface area contributed by atoms with Crippen LogP contribution < -0.4 is 10.1 Å². The number of nitrogens with one attached hydrogen (secondary N) is 1. The van der Waals surface area contributed by atoms with Crippen LogP contribution in [0.15, 0.2) is 24.3 Å². The second kappa shape index (κ2) is 6.37. The van der Waals surface area contributed by atoms with Gasteiger partial charge < -0.3 is 15.0 Å². The molecule has 21 heavy (non-hydrogen) atoms. The van der Waals surface area contributed by atoms with Crippen LogP contribution in [0.2, 0.25) is 0 Å². The van der Waals surface area contributed by atoms with Gasteiger partial charge in [-0.05, 0) is 65.4 Å². The molecule has 1 fully saturated rings. The fourth-order valence-electron chi connectivity index (χ4n) is 3.57. The summed E-state index contributed by atoms with van der Waals surface area (Å²) in [5.41, 5.74) is 1.24. The number of nitrogens with zero attached hydrogens (tertiary/aromatic N) is 1. The largest absolute Gasteiger partial charge is 0.487 e.